The van der Waals surface area contributed by atoms with Crippen LogP contribution in [0, 0.1) is 5.92 Å². The van der Waals surface area contributed by atoms with Gasteiger partial charge in [-0.2, -0.15) is 0 Å². The van der Waals surface area contributed by atoms with Crippen molar-refractivity contribution in [2.75, 3.05) is 6.61 Å². The van der Waals surface area contributed by atoms with E-state index in [-0.39, 0.29) is 6.61 Å². The maximum Gasteiger partial charge on any atom is 0.0502 e. The van der Waals surface area contributed by atoms with E-state index in [1.54, 1.807) is 0 Å². The van der Waals surface area contributed by atoms with E-state index in [4.69, 9.17) is 0 Å². The molecule has 0 unspecified atom stereocenters. The lowest BCUT2D eigenvalue weighted by molar-refractivity contribution is 0.253. The Labute approximate surface area is 86.9 Å². The Morgan fingerprint density at radius 3 is 2.38 bits per heavy atom. The van der Waals surface area contributed by atoms with Gasteiger partial charge in [-0.1, -0.05) is 28.1 Å². The molecule has 1 N–H and O–H groups in total. The summed E-state index contributed by atoms with van der Waals surface area (Å²) in [6.07, 6.45) is 2.56. The third-order valence-corrected chi connectivity index (χ3v) is 3.21. The highest BCUT2D eigenvalue weighted by atomic mass is 79.9. The fraction of sp³-hybridized carbons (Fsp3) is 0.455. The van der Waals surface area contributed by atoms with Crippen LogP contribution in [0.3, 0.4) is 0 Å². The van der Waals surface area contributed by atoms with Crippen LogP contribution in [0.4, 0.5) is 0 Å². The molecule has 0 spiro atoms. The van der Waals surface area contributed by atoms with Gasteiger partial charge in [0.15, 0.2) is 0 Å². The summed E-state index contributed by atoms with van der Waals surface area (Å²) in [6.45, 7) is 0.284. The Kier molecular flexibility index (Phi) is 2.70. The van der Waals surface area contributed by atoms with Crippen LogP contribution in [0.25, 0.3) is 0 Å². The summed E-state index contributed by atoms with van der Waals surface area (Å²) in [5.74, 6) is 1.10. The number of hydrogen-bond donors (Lipinski definition) is 1. The van der Waals surface area contributed by atoms with E-state index in [9.17, 15) is 5.11 Å². The van der Waals surface area contributed by atoms with Gasteiger partial charge in [0.05, 0.1) is 6.61 Å². The number of hydrogen-bond acceptors (Lipinski definition) is 1. The van der Waals surface area contributed by atoms with Crippen molar-refractivity contribution in [2.45, 2.75) is 18.8 Å². The largest absolute Gasteiger partial charge is 0.396 e. The highest BCUT2D eigenvalue weighted by Gasteiger charge is 2.31. The second-order valence-corrected chi connectivity index (χ2v) is 4.59. The molecule has 1 atom stereocenters. The zero-order chi connectivity index (χ0) is 9.26. The molecule has 0 bridgehead atoms. The van der Waals surface area contributed by atoms with Crippen LogP contribution >= 0.6 is 15.9 Å². The lowest BCUT2D eigenvalue weighted by Crippen LogP contribution is -2.05. The first kappa shape index (κ1) is 9.22. The van der Waals surface area contributed by atoms with Crippen molar-refractivity contribution in [1.82, 2.24) is 0 Å². The highest BCUT2D eigenvalue weighted by Crippen LogP contribution is 2.42. The second kappa shape index (κ2) is 3.81. The smallest absolute Gasteiger partial charge is 0.0502 e. The molecule has 1 aromatic rings. The normalized spacial score (nSPS) is 18.6. The van der Waals surface area contributed by atoms with Crippen molar-refractivity contribution in [1.29, 1.82) is 0 Å². The summed E-state index contributed by atoms with van der Waals surface area (Å²) >= 11 is 3.41. The number of aliphatic hydroxyl groups is 1. The molecule has 1 aliphatic rings. The quantitative estimate of drug-likeness (QED) is 0.862. The molecule has 1 fully saturated rings. The molecule has 13 heavy (non-hydrogen) atoms. The van der Waals surface area contributed by atoms with Crippen molar-refractivity contribution in [3.05, 3.63) is 34.3 Å². The molecule has 1 nitrogen and oxygen atoms in total. The van der Waals surface area contributed by atoms with Gasteiger partial charge in [-0.25, -0.2) is 0 Å². The predicted molar refractivity (Wildman–Crippen MR) is 56.7 cm³/mol. The Morgan fingerprint density at radius 1 is 1.31 bits per heavy atom. The standard InChI is InChI=1S/C11H13BrO/c12-10-5-3-9(4-6-10)11(7-13)8-1-2-8/h3-6,8,11,13H,1-2,7H2/t11-/m0/s1. The maximum absolute atomic E-state index is 9.25. The minimum atomic E-state index is 0.284. The van der Waals surface area contributed by atoms with Crippen LogP contribution in [0.1, 0.15) is 24.3 Å². The van der Waals surface area contributed by atoms with Gasteiger partial charge < -0.3 is 5.11 Å². The first-order chi connectivity index (χ1) is 6.31. The van der Waals surface area contributed by atoms with Crippen molar-refractivity contribution in [3.63, 3.8) is 0 Å². The predicted octanol–water partition coefficient (Wildman–Crippen LogP) is 2.94. The third kappa shape index (κ3) is 2.12. The average Bonchev–Trinajstić information content (AvgIpc) is 2.93. The summed E-state index contributed by atoms with van der Waals surface area (Å²) in [5, 5.41) is 9.25. The molecule has 1 saturated carbocycles. The Hall–Kier alpha value is -0.340. The highest BCUT2D eigenvalue weighted by molar-refractivity contribution is 9.10. The molecule has 2 rings (SSSR count). The van der Waals surface area contributed by atoms with Crippen LogP contribution < -0.4 is 0 Å². The molecule has 0 aromatic heterocycles. The van der Waals surface area contributed by atoms with Crippen LogP contribution in [0.5, 0.6) is 0 Å². The first-order valence-corrected chi connectivity index (χ1v) is 5.47. The minimum absolute atomic E-state index is 0.284. The number of benzene rings is 1. The van der Waals surface area contributed by atoms with Gasteiger partial charge in [-0.3, -0.25) is 0 Å². The molecule has 2 heteroatoms. The zero-order valence-electron chi connectivity index (χ0n) is 7.41. The fourth-order valence-electron chi connectivity index (χ4n) is 1.74. The van der Waals surface area contributed by atoms with Crippen molar-refractivity contribution >= 4 is 15.9 Å². The molecule has 0 heterocycles. The Balaban J connectivity index is 2.17. The molecule has 0 saturated heterocycles. The van der Waals surface area contributed by atoms with Gasteiger partial charge in [0.2, 0.25) is 0 Å². The third-order valence-electron chi connectivity index (χ3n) is 2.69. The van der Waals surface area contributed by atoms with Crippen molar-refractivity contribution in [2.24, 2.45) is 5.92 Å². The van der Waals surface area contributed by atoms with Crippen LogP contribution in [-0.2, 0) is 0 Å². The number of rotatable bonds is 3. The van der Waals surface area contributed by atoms with Gasteiger partial charge in [0, 0.05) is 10.4 Å². The second-order valence-electron chi connectivity index (χ2n) is 3.68. The molecule has 0 aliphatic heterocycles. The van der Waals surface area contributed by atoms with E-state index in [1.165, 1.54) is 18.4 Å². The number of halogens is 1. The van der Waals surface area contributed by atoms with E-state index >= 15 is 0 Å². The lowest BCUT2D eigenvalue weighted by Gasteiger charge is -2.13. The van der Waals surface area contributed by atoms with Gasteiger partial charge >= 0.3 is 0 Å². The minimum Gasteiger partial charge on any atom is -0.396 e. The monoisotopic (exact) mass is 240 g/mol. The van der Waals surface area contributed by atoms with E-state index in [1.807, 2.05) is 12.1 Å². The molecule has 0 amide bonds. The van der Waals surface area contributed by atoms with Crippen molar-refractivity contribution in [3.8, 4) is 0 Å². The van der Waals surface area contributed by atoms with E-state index in [0.717, 1.165) is 10.4 Å². The van der Waals surface area contributed by atoms with E-state index in [2.05, 4.69) is 28.1 Å². The van der Waals surface area contributed by atoms with Crippen molar-refractivity contribution < 1.29 is 5.11 Å². The number of aliphatic hydroxyl groups excluding tert-OH is 1. The maximum atomic E-state index is 9.25. The van der Waals surface area contributed by atoms with Crippen LogP contribution in [0.2, 0.25) is 0 Å². The summed E-state index contributed by atoms with van der Waals surface area (Å²) < 4.78 is 1.10. The van der Waals surface area contributed by atoms with Gasteiger partial charge in [0.25, 0.3) is 0 Å². The topological polar surface area (TPSA) is 20.2 Å². The molecule has 0 radical (unpaired) electrons. The molecule has 1 aliphatic carbocycles. The average molecular weight is 241 g/mol. The summed E-state index contributed by atoms with van der Waals surface area (Å²) in [6, 6.07) is 8.29. The van der Waals surface area contributed by atoms with Gasteiger partial charge in [-0.15, -0.1) is 0 Å². The zero-order valence-corrected chi connectivity index (χ0v) is 9.00. The first-order valence-electron chi connectivity index (χ1n) is 4.67. The van der Waals surface area contributed by atoms with E-state index in [0.29, 0.717) is 5.92 Å². The van der Waals surface area contributed by atoms with Crippen LogP contribution in [-0.4, -0.2) is 11.7 Å². The van der Waals surface area contributed by atoms with Gasteiger partial charge in [-0.05, 0) is 36.5 Å². The Bertz CT molecular complexity index is 277. The summed E-state index contributed by atoms with van der Waals surface area (Å²) in [4.78, 5) is 0. The molecule has 1 aromatic carbocycles. The Morgan fingerprint density at radius 2 is 1.92 bits per heavy atom. The molecule has 70 valence electrons. The fourth-order valence-corrected chi connectivity index (χ4v) is 2.00. The molecular formula is C11H13BrO. The lowest BCUT2D eigenvalue weighted by atomic mass is 9.95. The van der Waals surface area contributed by atoms with Gasteiger partial charge in [0.1, 0.15) is 0 Å². The summed E-state index contributed by atoms with van der Waals surface area (Å²) in [7, 11) is 0. The van der Waals surface area contributed by atoms with Crippen LogP contribution in [0.15, 0.2) is 28.7 Å². The summed E-state index contributed by atoms with van der Waals surface area (Å²) in [5.41, 5.74) is 1.27. The van der Waals surface area contributed by atoms with E-state index < -0.39 is 0 Å². The SMILES string of the molecule is OC[C@H](c1ccc(Br)cc1)C1CC1. The molecular weight excluding hydrogens is 228 g/mol.